The van der Waals surface area contributed by atoms with E-state index >= 15 is 0 Å². The predicted octanol–water partition coefficient (Wildman–Crippen LogP) is -15.0. The molecule has 10 nitrogen and oxygen atoms in total. The Morgan fingerprint density at radius 1 is 0.529 bits per heavy atom. The van der Waals surface area contributed by atoms with Crippen LogP contribution < -0.4 is 123 Å². The van der Waals surface area contributed by atoms with E-state index in [2.05, 4.69) is 0 Å². The molecule has 0 saturated heterocycles. The molecule has 0 saturated carbocycles. The topological polar surface area (TPSA) is 224 Å². The van der Waals surface area contributed by atoms with E-state index in [0.717, 1.165) is 0 Å². The first-order valence-electron chi connectivity index (χ1n) is 2.13. The fourth-order valence-corrected chi connectivity index (χ4v) is 0. The van der Waals surface area contributed by atoms with Crippen LogP contribution in [-0.2, 0) is 19.2 Å². The molecule has 0 spiro atoms. The maximum atomic E-state index is 8.93. The van der Waals surface area contributed by atoms with Crippen molar-refractivity contribution in [3.8, 4) is 0 Å². The zero-order valence-corrected chi connectivity index (χ0v) is 16.6. The number of rotatable bonds is 0. The SMILES string of the molecule is O.O.O=C([O-])C(=O)[O-].O=C([O-])C(=O)[O-].[K+].[K+].[Mg+2]. The average Bonchev–Trinajstić information content (AvgIpc) is 1.88. The van der Waals surface area contributed by atoms with Gasteiger partial charge in [0.25, 0.3) is 0 Å². The maximum Gasteiger partial charge on any atom is 2.00 e. The molecular weight excluding hydrogens is 311 g/mol. The third-order valence-corrected chi connectivity index (χ3v) is 0.333. The third-order valence-electron chi connectivity index (χ3n) is 0.333. The fraction of sp³-hybridized carbons (Fsp3) is 0. The molecule has 0 aliphatic rings. The molecule has 0 bridgehead atoms. The number of carboxylic acids is 4. The summed E-state index contributed by atoms with van der Waals surface area (Å²) in [5, 5.41) is 35.7. The standard InChI is InChI=1S/2C2H2O4.2K.Mg.2H2O/c2*3-1(4)2(5)6;;;;;/h2*(H,3,4)(H,5,6);;;;2*1H2/q;;2*+1;+2;;/p-4. The third kappa shape index (κ3) is 46.2. The van der Waals surface area contributed by atoms with E-state index in [1.807, 2.05) is 0 Å². The summed E-state index contributed by atoms with van der Waals surface area (Å²) in [6, 6.07) is 0. The minimum absolute atomic E-state index is 0. The summed E-state index contributed by atoms with van der Waals surface area (Å²) in [5.74, 6) is -8.74. The number of carboxylic acid groups (broad SMARTS) is 4. The molecule has 0 heterocycles. The minimum atomic E-state index is -2.19. The summed E-state index contributed by atoms with van der Waals surface area (Å²) in [6.07, 6.45) is 0. The van der Waals surface area contributed by atoms with Gasteiger partial charge < -0.3 is 50.6 Å². The van der Waals surface area contributed by atoms with Crippen molar-refractivity contribution in [1.29, 1.82) is 0 Å². The van der Waals surface area contributed by atoms with Crippen molar-refractivity contribution in [2.45, 2.75) is 0 Å². The van der Waals surface area contributed by atoms with Crippen molar-refractivity contribution in [3.05, 3.63) is 0 Å². The van der Waals surface area contributed by atoms with E-state index in [9.17, 15) is 0 Å². The van der Waals surface area contributed by atoms with E-state index in [-0.39, 0.29) is 137 Å². The van der Waals surface area contributed by atoms with Gasteiger partial charge in [0.05, 0.1) is 23.9 Å². The van der Waals surface area contributed by atoms with Crippen molar-refractivity contribution in [2.75, 3.05) is 0 Å². The maximum absolute atomic E-state index is 8.93. The van der Waals surface area contributed by atoms with Crippen LogP contribution in [0.5, 0.6) is 0 Å². The number of hydrogen-bond acceptors (Lipinski definition) is 8. The zero-order valence-electron chi connectivity index (χ0n) is 8.97. The van der Waals surface area contributed by atoms with E-state index in [0.29, 0.717) is 0 Å². The van der Waals surface area contributed by atoms with Crippen LogP contribution in [0.2, 0.25) is 0 Å². The molecule has 13 heteroatoms. The second-order valence-electron chi connectivity index (χ2n) is 1.15. The van der Waals surface area contributed by atoms with Gasteiger partial charge >= 0.3 is 126 Å². The van der Waals surface area contributed by atoms with E-state index in [4.69, 9.17) is 39.6 Å². The predicted molar refractivity (Wildman–Crippen MR) is 33.0 cm³/mol. The molecule has 0 fully saturated rings. The molecule has 0 aliphatic heterocycles. The molecule has 0 aliphatic carbocycles. The number of hydrogen-bond donors (Lipinski definition) is 0. The van der Waals surface area contributed by atoms with Crippen molar-refractivity contribution in [2.24, 2.45) is 0 Å². The number of carbonyl (C=O) groups excluding carboxylic acids is 4. The van der Waals surface area contributed by atoms with E-state index in [1.54, 1.807) is 0 Å². The Bertz CT molecular complexity index is 182. The molecular formula is C4H4K2MgO10. The molecule has 0 radical (unpaired) electrons. The second-order valence-corrected chi connectivity index (χ2v) is 1.15. The Hall–Kier alpha value is 1.84. The van der Waals surface area contributed by atoms with Crippen LogP contribution in [0, 0.1) is 0 Å². The van der Waals surface area contributed by atoms with Crippen LogP contribution in [0.3, 0.4) is 0 Å². The van der Waals surface area contributed by atoms with Crippen LogP contribution in [0.1, 0.15) is 0 Å². The summed E-state index contributed by atoms with van der Waals surface area (Å²) in [7, 11) is 0. The Balaban J connectivity index is -0.0000000182. The monoisotopic (exact) mass is 314 g/mol. The van der Waals surface area contributed by atoms with E-state index in [1.165, 1.54) is 0 Å². The summed E-state index contributed by atoms with van der Waals surface area (Å²) < 4.78 is 0. The number of carbonyl (C=O) groups is 4. The molecule has 0 aromatic heterocycles. The van der Waals surface area contributed by atoms with Crippen LogP contribution in [0.25, 0.3) is 0 Å². The van der Waals surface area contributed by atoms with Crippen LogP contribution in [0.4, 0.5) is 0 Å². The minimum Gasteiger partial charge on any atom is -0.543 e. The Labute approximate surface area is 196 Å². The molecule has 17 heavy (non-hydrogen) atoms. The van der Waals surface area contributed by atoms with Gasteiger partial charge in [0.1, 0.15) is 0 Å². The van der Waals surface area contributed by atoms with Gasteiger partial charge in [-0.2, -0.15) is 0 Å². The van der Waals surface area contributed by atoms with Crippen LogP contribution in [-0.4, -0.2) is 57.9 Å². The molecule has 0 amide bonds. The first-order valence-corrected chi connectivity index (χ1v) is 2.13. The van der Waals surface area contributed by atoms with Gasteiger partial charge in [-0.15, -0.1) is 0 Å². The van der Waals surface area contributed by atoms with Gasteiger partial charge in [0.2, 0.25) is 0 Å². The molecule has 0 unspecified atom stereocenters. The van der Waals surface area contributed by atoms with E-state index < -0.39 is 23.9 Å². The smallest absolute Gasteiger partial charge is 0.543 e. The van der Waals surface area contributed by atoms with Gasteiger partial charge in [-0.05, 0) is 0 Å². The quantitative estimate of drug-likeness (QED) is 0.307. The summed E-state index contributed by atoms with van der Waals surface area (Å²) in [5.41, 5.74) is 0. The largest absolute Gasteiger partial charge is 2.00 e. The van der Waals surface area contributed by atoms with Crippen molar-refractivity contribution < 1.29 is 153 Å². The Morgan fingerprint density at radius 3 is 0.588 bits per heavy atom. The zero-order chi connectivity index (χ0) is 10.3. The first-order chi connectivity index (χ1) is 5.29. The van der Waals surface area contributed by atoms with Crippen molar-refractivity contribution >= 4 is 46.9 Å². The van der Waals surface area contributed by atoms with Crippen LogP contribution >= 0.6 is 0 Å². The summed E-state index contributed by atoms with van der Waals surface area (Å²) in [6.45, 7) is 0. The Kier molecular flexibility index (Phi) is 66.5. The van der Waals surface area contributed by atoms with Crippen molar-refractivity contribution in [3.63, 3.8) is 0 Å². The van der Waals surface area contributed by atoms with Gasteiger partial charge in [-0.3, -0.25) is 0 Å². The molecule has 84 valence electrons. The molecule has 0 atom stereocenters. The normalized spacial score (nSPS) is 5.18. The van der Waals surface area contributed by atoms with Gasteiger partial charge in [-0.25, -0.2) is 0 Å². The molecule has 0 aromatic carbocycles. The Morgan fingerprint density at radius 2 is 0.588 bits per heavy atom. The van der Waals surface area contributed by atoms with Gasteiger partial charge in [-0.1, -0.05) is 0 Å². The van der Waals surface area contributed by atoms with Crippen LogP contribution in [0.15, 0.2) is 0 Å². The molecule has 0 rings (SSSR count). The average molecular weight is 315 g/mol. The van der Waals surface area contributed by atoms with Gasteiger partial charge in [0.15, 0.2) is 0 Å². The fourth-order valence-electron chi connectivity index (χ4n) is 0. The van der Waals surface area contributed by atoms with Crippen molar-refractivity contribution in [1.82, 2.24) is 0 Å². The molecule has 0 aromatic rings. The summed E-state index contributed by atoms with van der Waals surface area (Å²) in [4.78, 5) is 35.7. The molecule has 4 N–H and O–H groups in total. The summed E-state index contributed by atoms with van der Waals surface area (Å²) >= 11 is 0. The second kappa shape index (κ2) is 26.4. The van der Waals surface area contributed by atoms with Gasteiger partial charge in [0, 0.05) is 0 Å². The number of aliphatic carboxylic acids is 4. The first kappa shape index (κ1) is 42.8.